The van der Waals surface area contributed by atoms with E-state index in [1.807, 2.05) is 19.1 Å². The van der Waals surface area contributed by atoms with Crippen LogP contribution in [0.4, 0.5) is 0 Å². The zero-order valence-corrected chi connectivity index (χ0v) is 13.2. The zero-order valence-electron chi connectivity index (χ0n) is 13.2. The van der Waals surface area contributed by atoms with E-state index in [2.05, 4.69) is 24.0 Å². The van der Waals surface area contributed by atoms with Crippen molar-refractivity contribution in [2.45, 2.75) is 40.1 Å². The molecule has 0 aliphatic carbocycles. The van der Waals surface area contributed by atoms with Crippen molar-refractivity contribution in [3.05, 3.63) is 41.5 Å². The molecule has 2 rings (SSSR count). The highest BCUT2D eigenvalue weighted by Gasteiger charge is 2.15. The van der Waals surface area contributed by atoms with E-state index in [1.165, 1.54) is 0 Å². The van der Waals surface area contributed by atoms with Gasteiger partial charge in [-0.05, 0) is 18.9 Å². The smallest absolute Gasteiger partial charge is 0.264 e. The number of hydrogen-bond donors (Lipinski definition) is 1. The third kappa shape index (κ3) is 4.54. The van der Waals surface area contributed by atoms with E-state index in [-0.39, 0.29) is 19.3 Å². The lowest BCUT2D eigenvalue weighted by Crippen LogP contribution is -2.08. The van der Waals surface area contributed by atoms with Gasteiger partial charge in [-0.25, -0.2) is 0 Å². The average molecular weight is 306 g/mol. The molecule has 0 spiro atoms. The van der Waals surface area contributed by atoms with E-state index in [0.717, 1.165) is 5.56 Å². The van der Waals surface area contributed by atoms with Crippen LogP contribution in [0.25, 0.3) is 0 Å². The zero-order chi connectivity index (χ0) is 15.9. The first kappa shape index (κ1) is 16.5. The molecule has 6 nitrogen and oxygen atoms in total. The molecule has 1 heterocycles. The van der Waals surface area contributed by atoms with Crippen molar-refractivity contribution < 1.29 is 19.1 Å². The maximum absolute atomic E-state index is 9.25. The van der Waals surface area contributed by atoms with Gasteiger partial charge < -0.3 is 19.1 Å². The molecule has 120 valence electrons. The standard InChI is InChI=1S/C16H22N2O4/c1-11(2)9-20-12(3)16-17-15(22-18-16)10-21-14-7-5-4-6-13(14)8-19/h4-7,11-12,19H,8-10H2,1-3H3. The predicted molar refractivity (Wildman–Crippen MR) is 80.2 cm³/mol. The number of aliphatic hydroxyl groups is 1. The van der Waals surface area contributed by atoms with Gasteiger partial charge in [0.05, 0.1) is 6.61 Å². The Morgan fingerprint density at radius 3 is 2.73 bits per heavy atom. The Balaban J connectivity index is 1.92. The van der Waals surface area contributed by atoms with E-state index in [9.17, 15) is 5.11 Å². The van der Waals surface area contributed by atoms with Crippen molar-refractivity contribution in [1.82, 2.24) is 10.1 Å². The molecule has 1 N–H and O–H groups in total. The molecule has 2 aromatic rings. The number of aromatic nitrogens is 2. The second-order valence-corrected chi connectivity index (χ2v) is 5.47. The van der Waals surface area contributed by atoms with E-state index in [4.69, 9.17) is 14.0 Å². The molecular weight excluding hydrogens is 284 g/mol. The first-order valence-electron chi connectivity index (χ1n) is 7.35. The lowest BCUT2D eigenvalue weighted by atomic mass is 10.2. The third-order valence-corrected chi connectivity index (χ3v) is 3.02. The summed E-state index contributed by atoms with van der Waals surface area (Å²) < 4.78 is 16.4. The van der Waals surface area contributed by atoms with Gasteiger partial charge in [-0.2, -0.15) is 4.98 Å². The number of ether oxygens (including phenoxy) is 2. The van der Waals surface area contributed by atoms with Crippen LogP contribution >= 0.6 is 0 Å². The number of rotatable bonds is 8. The highest BCUT2D eigenvalue weighted by molar-refractivity contribution is 5.32. The number of aliphatic hydroxyl groups excluding tert-OH is 1. The van der Waals surface area contributed by atoms with Crippen LogP contribution in [0.15, 0.2) is 28.8 Å². The number of nitrogens with zero attached hydrogens (tertiary/aromatic N) is 2. The van der Waals surface area contributed by atoms with Gasteiger partial charge in [-0.3, -0.25) is 0 Å². The summed E-state index contributed by atoms with van der Waals surface area (Å²) in [6.07, 6.45) is -0.218. The normalized spacial score (nSPS) is 12.6. The van der Waals surface area contributed by atoms with Crippen LogP contribution < -0.4 is 4.74 Å². The summed E-state index contributed by atoms with van der Waals surface area (Å²) in [5.41, 5.74) is 0.718. The molecule has 0 saturated carbocycles. The van der Waals surface area contributed by atoms with Gasteiger partial charge in [0.15, 0.2) is 12.4 Å². The Labute approximate surface area is 130 Å². The minimum absolute atomic E-state index is 0.0780. The Kier molecular flexibility index (Phi) is 5.91. The van der Waals surface area contributed by atoms with Gasteiger partial charge >= 0.3 is 0 Å². The van der Waals surface area contributed by atoms with Gasteiger partial charge in [-0.1, -0.05) is 37.2 Å². The molecule has 0 radical (unpaired) electrons. The van der Waals surface area contributed by atoms with Crippen molar-refractivity contribution in [1.29, 1.82) is 0 Å². The summed E-state index contributed by atoms with van der Waals surface area (Å²) in [4.78, 5) is 4.27. The summed E-state index contributed by atoms with van der Waals surface area (Å²) in [6.45, 7) is 6.78. The molecule has 0 fully saturated rings. The van der Waals surface area contributed by atoms with Crippen molar-refractivity contribution in [3.8, 4) is 5.75 Å². The lowest BCUT2D eigenvalue weighted by Gasteiger charge is -2.10. The summed E-state index contributed by atoms with van der Waals surface area (Å²) in [7, 11) is 0. The van der Waals surface area contributed by atoms with Crippen molar-refractivity contribution in [3.63, 3.8) is 0 Å². The van der Waals surface area contributed by atoms with Crippen LogP contribution in [0, 0.1) is 5.92 Å². The maximum atomic E-state index is 9.25. The van der Waals surface area contributed by atoms with Crippen LogP contribution in [0.3, 0.4) is 0 Å². The SMILES string of the molecule is CC(C)COC(C)c1noc(COc2ccccc2CO)n1. The molecule has 0 bridgehead atoms. The summed E-state index contributed by atoms with van der Waals surface area (Å²) in [5, 5.41) is 13.2. The van der Waals surface area contributed by atoms with Crippen LogP contribution in [0.5, 0.6) is 5.75 Å². The van der Waals surface area contributed by atoms with Crippen LogP contribution in [-0.4, -0.2) is 21.9 Å². The summed E-state index contributed by atoms with van der Waals surface area (Å²) in [6, 6.07) is 7.28. The van der Waals surface area contributed by atoms with Gasteiger partial charge in [0.1, 0.15) is 11.9 Å². The second-order valence-electron chi connectivity index (χ2n) is 5.47. The molecule has 0 amide bonds. The second kappa shape index (κ2) is 7.91. The highest BCUT2D eigenvalue weighted by atomic mass is 16.5. The van der Waals surface area contributed by atoms with E-state index in [1.54, 1.807) is 12.1 Å². The first-order valence-corrected chi connectivity index (χ1v) is 7.35. The Morgan fingerprint density at radius 1 is 1.23 bits per heavy atom. The van der Waals surface area contributed by atoms with E-state index in [0.29, 0.717) is 30.0 Å². The first-order chi connectivity index (χ1) is 10.6. The topological polar surface area (TPSA) is 77.6 Å². The predicted octanol–water partition coefficient (Wildman–Crippen LogP) is 2.87. The molecule has 0 saturated heterocycles. The minimum Gasteiger partial charge on any atom is -0.483 e. The molecule has 0 aliphatic heterocycles. The number of hydrogen-bond acceptors (Lipinski definition) is 6. The van der Waals surface area contributed by atoms with Crippen molar-refractivity contribution >= 4 is 0 Å². The lowest BCUT2D eigenvalue weighted by molar-refractivity contribution is 0.0402. The van der Waals surface area contributed by atoms with Crippen molar-refractivity contribution in [2.24, 2.45) is 5.92 Å². The quantitative estimate of drug-likeness (QED) is 0.808. The van der Waals surface area contributed by atoms with Crippen LogP contribution in [-0.2, 0) is 18.0 Å². The monoisotopic (exact) mass is 306 g/mol. The molecule has 1 aromatic heterocycles. The molecule has 1 aromatic carbocycles. The fraction of sp³-hybridized carbons (Fsp3) is 0.500. The summed E-state index contributed by atoms with van der Waals surface area (Å²) in [5.74, 6) is 1.94. The van der Waals surface area contributed by atoms with Gasteiger partial charge in [0, 0.05) is 12.2 Å². The molecule has 1 unspecified atom stereocenters. The van der Waals surface area contributed by atoms with Gasteiger partial charge in [-0.15, -0.1) is 0 Å². The molecular formula is C16H22N2O4. The molecule has 22 heavy (non-hydrogen) atoms. The van der Waals surface area contributed by atoms with Gasteiger partial charge in [0.25, 0.3) is 5.89 Å². The van der Waals surface area contributed by atoms with E-state index < -0.39 is 0 Å². The number of benzene rings is 1. The highest BCUT2D eigenvalue weighted by Crippen LogP contribution is 2.20. The van der Waals surface area contributed by atoms with Crippen LogP contribution in [0.1, 0.15) is 44.2 Å². The van der Waals surface area contributed by atoms with E-state index >= 15 is 0 Å². The minimum atomic E-state index is -0.218. The number of para-hydroxylation sites is 1. The maximum Gasteiger partial charge on any atom is 0.264 e. The molecule has 0 aliphatic rings. The Bertz CT molecular complexity index is 583. The third-order valence-electron chi connectivity index (χ3n) is 3.02. The fourth-order valence-corrected chi connectivity index (χ4v) is 1.82. The summed E-state index contributed by atoms with van der Waals surface area (Å²) >= 11 is 0. The molecule has 6 heteroatoms. The average Bonchev–Trinajstić information content (AvgIpc) is 2.99. The van der Waals surface area contributed by atoms with Gasteiger partial charge in [0.2, 0.25) is 0 Å². The fourth-order valence-electron chi connectivity index (χ4n) is 1.82. The Hall–Kier alpha value is -1.92. The largest absolute Gasteiger partial charge is 0.483 e. The van der Waals surface area contributed by atoms with Crippen molar-refractivity contribution in [2.75, 3.05) is 6.61 Å². The molecule has 1 atom stereocenters. The van der Waals surface area contributed by atoms with Crippen LogP contribution in [0.2, 0.25) is 0 Å². The Morgan fingerprint density at radius 2 is 2.00 bits per heavy atom.